The standard InChI is InChI=1S/C31H46O4/c1-28(2,3)21-15-22(29(4,5)6)17-23(16-21)35-26(27(32)33)19-31(10,11)20-13-14-25(34-12)24(18-20)30(7,8)9/h13-18,26H,19H2,1-12H3,(H,32,33). The van der Waals surface area contributed by atoms with Crippen LogP contribution in [0.5, 0.6) is 11.5 Å². The van der Waals surface area contributed by atoms with Crippen LogP contribution < -0.4 is 9.47 Å². The Hall–Kier alpha value is -2.49. The molecular formula is C31H46O4. The number of rotatable bonds is 7. The Labute approximate surface area is 213 Å². The highest BCUT2D eigenvalue weighted by Crippen LogP contribution is 2.38. The van der Waals surface area contributed by atoms with Crippen LogP contribution in [-0.4, -0.2) is 24.3 Å². The number of aliphatic carboxylic acids is 1. The van der Waals surface area contributed by atoms with Gasteiger partial charge in [0, 0.05) is 6.42 Å². The predicted octanol–water partition coefficient (Wildman–Crippen LogP) is 7.79. The minimum absolute atomic E-state index is 0.0796. The van der Waals surface area contributed by atoms with Crippen LogP contribution in [0.3, 0.4) is 0 Å². The maximum Gasteiger partial charge on any atom is 0.344 e. The van der Waals surface area contributed by atoms with Gasteiger partial charge >= 0.3 is 5.97 Å². The second kappa shape index (κ2) is 9.87. The number of hydrogen-bond donors (Lipinski definition) is 1. The number of benzene rings is 2. The van der Waals surface area contributed by atoms with Gasteiger partial charge in [-0.25, -0.2) is 4.79 Å². The Bertz CT molecular complexity index is 1010. The topological polar surface area (TPSA) is 55.8 Å². The van der Waals surface area contributed by atoms with Gasteiger partial charge in [-0.3, -0.25) is 0 Å². The molecule has 4 heteroatoms. The highest BCUT2D eigenvalue weighted by atomic mass is 16.5. The number of hydrogen-bond acceptors (Lipinski definition) is 3. The molecule has 1 atom stereocenters. The van der Waals surface area contributed by atoms with E-state index >= 15 is 0 Å². The summed E-state index contributed by atoms with van der Waals surface area (Å²) < 4.78 is 11.8. The van der Waals surface area contributed by atoms with Crippen LogP contribution in [-0.2, 0) is 26.5 Å². The zero-order chi connectivity index (χ0) is 27.0. The van der Waals surface area contributed by atoms with E-state index in [1.54, 1.807) is 7.11 Å². The quantitative estimate of drug-likeness (QED) is 0.437. The first-order chi connectivity index (χ1) is 15.8. The normalized spacial score (nSPS) is 13.9. The summed E-state index contributed by atoms with van der Waals surface area (Å²) in [5, 5.41) is 10.1. The van der Waals surface area contributed by atoms with Crippen LogP contribution in [0.1, 0.15) is 105 Å². The molecule has 0 saturated carbocycles. The zero-order valence-electron chi connectivity index (χ0n) is 23.9. The first-order valence-electron chi connectivity index (χ1n) is 12.5. The SMILES string of the molecule is COc1ccc(C(C)(C)CC(Oc2cc(C(C)(C)C)cc(C(C)(C)C)c2)C(=O)O)cc1C(C)(C)C. The molecule has 194 valence electrons. The van der Waals surface area contributed by atoms with Crippen LogP contribution in [0, 0.1) is 0 Å². The number of carboxylic acid groups (broad SMARTS) is 1. The highest BCUT2D eigenvalue weighted by Gasteiger charge is 2.33. The fourth-order valence-corrected chi connectivity index (χ4v) is 4.17. The van der Waals surface area contributed by atoms with E-state index in [0.29, 0.717) is 12.2 Å². The molecule has 0 saturated heterocycles. The van der Waals surface area contributed by atoms with Gasteiger partial charge in [-0.15, -0.1) is 0 Å². The van der Waals surface area contributed by atoms with Crippen molar-refractivity contribution in [1.29, 1.82) is 0 Å². The lowest BCUT2D eigenvalue weighted by molar-refractivity contribution is -0.146. The molecule has 0 aromatic heterocycles. The van der Waals surface area contributed by atoms with Gasteiger partial charge in [0.25, 0.3) is 0 Å². The van der Waals surface area contributed by atoms with Crippen molar-refractivity contribution >= 4 is 5.97 Å². The van der Waals surface area contributed by atoms with E-state index in [9.17, 15) is 9.90 Å². The molecule has 0 fully saturated rings. The van der Waals surface area contributed by atoms with Crippen molar-refractivity contribution in [3.8, 4) is 11.5 Å². The lowest BCUT2D eigenvalue weighted by Gasteiger charge is -2.32. The number of ether oxygens (including phenoxy) is 2. The van der Waals surface area contributed by atoms with Crippen LogP contribution >= 0.6 is 0 Å². The van der Waals surface area contributed by atoms with Crippen molar-refractivity contribution in [2.45, 2.75) is 110 Å². The predicted molar refractivity (Wildman–Crippen MR) is 145 cm³/mol. The molecule has 0 aliphatic carbocycles. The molecule has 2 aromatic carbocycles. The van der Waals surface area contributed by atoms with Gasteiger partial charge in [-0.1, -0.05) is 94.4 Å². The van der Waals surface area contributed by atoms with Crippen LogP contribution in [0.25, 0.3) is 0 Å². The maximum absolute atomic E-state index is 12.4. The van der Waals surface area contributed by atoms with Crippen molar-refractivity contribution in [3.05, 3.63) is 58.7 Å². The third-order valence-corrected chi connectivity index (χ3v) is 6.68. The third kappa shape index (κ3) is 7.25. The molecule has 0 aliphatic rings. The maximum atomic E-state index is 12.4. The number of methoxy groups -OCH3 is 1. The van der Waals surface area contributed by atoms with Gasteiger partial charge in [0.2, 0.25) is 0 Å². The van der Waals surface area contributed by atoms with E-state index in [1.807, 2.05) is 24.3 Å². The van der Waals surface area contributed by atoms with Gasteiger partial charge in [-0.2, -0.15) is 0 Å². The molecule has 0 radical (unpaired) electrons. The zero-order valence-corrected chi connectivity index (χ0v) is 23.9. The minimum atomic E-state index is -0.978. The summed E-state index contributed by atoms with van der Waals surface area (Å²) in [6.45, 7) is 23.6. The second-order valence-electron chi connectivity index (χ2n) is 13.4. The smallest absolute Gasteiger partial charge is 0.344 e. The summed E-state index contributed by atoms with van der Waals surface area (Å²) in [6, 6.07) is 12.3. The second-order valence-corrected chi connectivity index (χ2v) is 13.4. The molecule has 1 unspecified atom stereocenters. The van der Waals surface area contributed by atoms with Gasteiger partial charge in [0.05, 0.1) is 7.11 Å². The van der Waals surface area contributed by atoms with Crippen molar-refractivity contribution in [2.75, 3.05) is 7.11 Å². The molecule has 35 heavy (non-hydrogen) atoms. The average molecular weight is 483 g/mol. The fourth-order valence-electron chi connectivity index (χ4n) is 4.17. The number of carbonyl (C=O) groups is 1. The van der Waals surface area contributed by atoms with Crippen LogP contribution in [0.15, 0.2) is 36.4 Å². The molecule has 0 bridgehead atoms. The van der Waals surface area contributed by atoms with E-state index in [0.717, 1.165) is 28.0 Å². The Balaban J connectivity index is 2.46. The Morgan fingerprint density at radius 1 is 0.771 bits per heavy atom. The summed E-state index contributed by atoms with van der Waals surface area (Å²) in [4.78, 5) is 12.4. The van der Waals surface area contributed by atoms with Gasteiger partial charge < -0.3 is 14.6 Å². The van der Waals surface area contributed by atoms with Crippen LogP contribution in [0.2, 0.25) is 0 Å². The van der Waals surface area contributed by atoms with Crippen LogP contribution in [0.4, 0.5) is 0 Å². The third-order valence-electron chi connectivity index (χ3n) is 6.68. The molecule has 0 aliphatic heterocycles. The van der Waals surface area contributed by atoms with E-state index in [-0.39, 0.29) is 16.2 Å². The van der Waals surface area contributed by atoms with E-state index in [4.69, 9.17) is 9.47 Å². The largest absolute Gasteiger partial charge is 0.496 e. The molecule has 4 nitrogen and oxygen atoms in total. The first-order valence-corrected chi connectivity index (χ1v) is 12.5. The van der Waals surface area contributed by atoms with E-state index in [1.165, 1.54) is 0 Å². The Morgan fingerprint density at radius 3 is 1.69 bits per heavy atom. The summed E-state index contributed by atoms with van der Waals surface area (Å²) in [7, 11) is 1.68. The van der Waals surface area contributed by atoms with Gasteiger partial charge in [-0.05, 0) is 62.1 Å². The minimum Gasteiger partial charge on any atom is -0.496 e. The fraction of sp³-hybridized carbons (Fsp3) is 0.581. The highest BCUT2D eigenvalue weighted by molar-refractivity contribution is 5.73. The van der Waals surface area contributed by atoms with Gasteiger partial charge in [0.15, 0.2) is 6.10 Å². The van der Waals surface area contributed by atoms with Crippen molar-refractivity contribution < 1.29 is 19.4 Å². The molecule has 0 heterocycles. The van der Waals surface area contributed by atoms with E-state index in [2.05, 4.69) is 88.3 Å². The number of carboxylic acids is 1. The summed E-state index contributed by atoms with van der Waals surface area (Å²) in [5.74, 6) is 0.494. The molecule has 0 amide bonds. The molecular weight excluding hydrogens is 436 g/mol. The molecule has 2 rings (SSSR count). The monoisotopic (exact) mass is 482 g/mol. The van der Waals surface area contributed by atoms with Gasteiger partial charge in [0.1, 0.15) is 11.5 Å². The van der Waals surface area contributed by atoms with E-state index < -0.39 is 17.5 Å². The lowest BCUT2D eigenvalue weighted by Crippen LogP contribution is -2.35. The molecule has 2 aromatic rings. The van der Waals surface area contributed by atoms with Crippen molar-refractivity contribution in [1.82, 2.24) is 0 Å². The summed E-state index contributed by atoms with van der Waals surface area (Å²) in [5.41, 5.74) is 3.75. The lowest BCUT2D eigenvalue weighted by atomic mass is 9.76. The van der Waals surface area contributed by atoms with Crippen molar-refractivity contribution in [3.63, 3.8) is 0 Å². The van der Waals surface area contributed by atoms with Crippen molar-refractivity contribution in [2.24, 2.45) is 0 Å². The summed E-state index contributed by atoms with van der Waals surface area (Å²) in [6.07, 6.45) is -0.642. The molecule has 1 N–H and O–H groups in total. The summed E-state index contributed by atoms with van der Waals surface area (Å²) >= 11 is 0. The Morgan fingerprint density at radius 2 is 1.29 bits per heavy atom. The molecule has 0 spiro atoms. The Kier molecular flexibility index (Phi) is 8.11. The average Bonchev–Trinajstić information content (AvgIpc) is 2.70. The first kappa shape index (κ1) is 28.7.